The van der Waals surface area contributed by atoms with Gasteiger partial charge in [-0.05, 0) is 29.1 Å². The third kappa shape index (κ3) is 1.88. The number of hydrogen-bond donors (Lipinski definition) is 2. The molecule has 0 aliphatic heterocycles. The van der Waals surface area contributed by atoms with Crippen LogP contribution in [0.25, 0.3) is 16.3 Å². The molecule has 0 spiro atoms. The monoisotopic (exact) mass is 244 g/mol. The average Bonchev–Trinajstić information content (AvgIpc) is 2.37. The molecule has 0 unspecified atom stereocenters. The molecule has 0 amide bonds. The maximum Gasteiger partial charge on any atom is 0.337 e. The number of rotatable bonds is 2. The number of fused-ring (bicyclic) bond motifs is 1. The molecule has 0 aliphatic carbocycles. The van der Waals surface area contributed by atoms with Gasteiger partial charge in [-0.15, -0.1) is 0 Å². The molecule has 0 atom stereocenters. The maximum absolute atomic E-state index is 11.5. The van der Waals surface area contributed by atoms with E-state index >= 15 is 0 Å². The van der Waals surface area contributed by atoms with Gasteiger partial charge < -0.3 is 14.9 Å². The molecule has 0 aliphatic rings. The van der Waals surface area contributed by atoms with E-state index in [0.717, 1.165) is 0 Å². The Hall–Kier alpha value is -2.49. The van der Waals surface area contributed by atoms with Crippen LogP contribution in [0.2, 0.25) is 0 Å². The second-order valence-electron chi connectivity index (χ2n) is 3.84. The summed E-state index contributed by atoms with van der Waals surface area (Å²) in [4.78, 5) is 11.5. The first-order valence-corrected chi connectivity index (χ1v) is 5.27. The van der Waals surface area contributed by atoms with Crippen LogP contribution in [0.1, 0.15) is 5.56 Å². The molecule has 0 aromatic heterocycles. The topological polar surface area (TPSA) is 66.8 Å². The molecule has 2 N–H and O–H groups in total. The lowest BCUT2D eigenvalue weighted by Crippen LogP contribution is -2.03. The summed E-state index contributed by atoms with van der Waals surface area (Å²) in [6.45, 7) is 3.65. The van der Waals surface area contributed by atoms with Crippen molar-refractivity contribution in [3.05, 3.63) is 42.5 Å². The quantitative estimate of drug-likeness (QED) is 0.629. The normalized spacial score (nSPS) is 10.3. The Kier molecular flexibility index (Phi) is 2.93. The SMILES string of the molecule is C=C(C(=O)OC)c1cc(O)cc2c(O)cccc12. The first-order valence-electron chi connectivity index (χ1n) is 5.27. The summed E-state index contributed by atoms with van der Waals surface area (Å²) in [5.41, 5.74) is 0.566. The second-order valence-corrected chi connectivity index (χ2v) is 3.84. The Labute approximate surface area is 104 Å². The largest absolute Gasteiger partial charge is 0.508 e. The van der Waals surface area contributed by atoms with Crippen molar-refractivity contribution in [2.24, 2.45) is 0 Å². The summed E-state index contributed by atoms with van der Waals surface area (Å²) in [7, 11) is 1.26. The van der Waals surface area contributed by atoms with Gasteiger partial charge in [0.25, 0.3) is 0 Å². The number of methoxy groups -OCH3 is 1. The fourth-order valence-electron chi connectivity index (χ4n) is 1.84. The number of aromatic hydroxyl groups is 2. The predicted octanol–water partition coefficient (Wildman–Crippen LogP) is 2.44. The Bertz CT molecular complexity index is 644. The number of phenolic OH excluding ortho intramolecular Hbond substituents is 2. The van der Waals surface area contributed by atoms with E-state index in [9.17, 15) is 15.0 Å². The van der Waals surface area contributed by atoms with Crippen LogP contribution >= 0.6 is 0 Å². The highest BCUT2D eigenvalue weighted by Crippen LogP contribution is 2.34. The number of esters is 1. The van der Waals surface area contributed by atoms with Crippen LogP contribution < -0.4 is 0 Å². The second kappa shape index (κ2) is 4.41. The standard InChI is InChI=1S/C14H12O4/c1-8(14(17)18-2)11-6-9(15)7-12-10(11)4-3-5-13(12)16/h3-7,15-16H,1H2,2H3. The van der Waals surface area contributed by atoms with E-state index in [1.807, 2.05) is 0 Å². The molecule has 92 valence electrons. The van der Waals surface area contributed by atoms with Crippen molar-refractivity contribution in [2.45, 2.75) is 0 Å². The summed E-state index contributed by atoms with van der Waals surface area (Å²) >= 11 is 0. The summed E-state index contributed by atoms with van der Waals surface area (Å²) in [5, 5.41) is 20.5. The van der Waals surface area contributed by atoms with Crippen molar-refractivity contribution in [1.82, 2.24) is 0 Å². The molecule has 2 aromatic carbocycles. The van der Waals surface area contributed by atoms with Gasteiger partial charge in [0.05, 0.1) is 12.7 Å². The summed E-state index contributed by atoms with van der Waals surface area (Å²) in [6.07, 6.45) is 0. The van der Waals surface area contributed by atoms with Gasteiger partial charge in [-0.1, -0.05) is 18.7 Å². The van der Waals surface area contributed by atoms with Gasteiger partial charge in [-0.2, -0.15) is 0 Å². The van der Waals surface area contributed by atoms with Crippen molar-refractivity contribution in [3.63, 3.8) is 0 Å². The van der Waals surface area contributed by atoms with E-state index in [1.54, 1.807) is 12.1 Å². The molecular formula is C14H12O4. The third-order valence-electron chi connectivity index (χ3n) is 2.71. The van der Waals surface area contributed by atoms with Crippen molar-refractivity contribution < 1.29 is 19.7 Å². The fraction of sp³-hybridized carbons (Fsp3) is 0.0714. The van der Waals surface area contributed by atoms with Crippen LogP contribution in [0.3, 0.4) is 0 Å². The average molecular weight is 244 g/mol. The lowest BCUT2D eigenvalue weighted by atomic mass is 9.98. The number of hydrogen-bond acceptors (Lipinski definition) is 4. The first kappa shape index (κ1) is 12.0. The van der Waals surface area contributed by atoms with Crippen molar-refractivity contribution >= 4 is 22.3 Å². The number of phenols is 2. The predicted molar refractivity (Wildman–Crippen MR) is 68.3 cm³/mol. The van der Waals surface area contributed by atoms with E-state index in [2.05, 4.69) is 11.3 Å². The van der Waals surface area contributed by atoms with Gasteiger partial charge in [0.15, 0.2) is 0 Å². The summed E-state index contributed by atoms with van der Waals surface area (Å²) < 4.78 is 4.60. The fourth-order valence-corrected chi connectivity index (χ4v) is 1.84. The van der Waals surface area contributed by atoms with E-state index in [4.69, 9.17) is 0 Å². The maximum atomic E-state index is 11.5. The van der Waals surface area contributed by atoms with Gasteiger partial charge in [-0.3, -0.25) is 0 Å². The summed E-state index contributed by atoms with van der Waals surface area (Å²) in [5.74, 6) is -0.600. The zero-order valence-electron chi connectivity index (χ0n) is 9.80. The molecule has 0 heterocycles. The smallest absolute Gasteiger partial charge is 0.337 e. The number of carbonyl (C=O) groups excluding carboxylic acids is 1. The molecular weight excluding hydrogens is 232 g/mol. The number of benzene rings is 2. The van der Waals surface area contributed by atoms with Crippen LogP contribution in [-0.2, 0) is 9.53 Å². The van der Waals surface area contributed by atoms with Crippen LogP contribution in [0.15, 0.2) is 36.9 Å². The molecule has 0 saturated carbocycles. The lowest BCUT2D eigenvalue weighted by molar-refractivity contribution is -0.133. The Morgan fingerprint density at radius 1 is 1.22 bits per heavy atom. The lowest BCUT2D eigenvalue weighted by Gasteiger charge is -2.10. The van der Waals surface area contributed by atoms with Gasteiger partial charge in [-0.25, -0.2) is 4.79 Å². The minimum Gasteiger partial charge on any atom is -0.508 e. The molecule has 2 aromatic rings. The Morgan fingerprint density at radius 3 is 2.61 bits per heavy atom. The van der Waals surface area contributed by atoms with Crippen LogP contribution in [0.4, 0.5) is 0 Å². The highest BCUT2D eigenvalue weighted by molar-refractivity contribution is 6.19. The third-order valence-corrected chi connectivity index (χ3v) is 2.71. The van der Waals surface area contributed by atoms with Crippen molar-refractivity contribution in [2.75, 3.05) is 7.11 Å². The molecule has 0 saturated heterocycles. The minimum atomic E-state index is -0.578. The molecule has 0 bridgehead atoms. The van der Waals surface area contributed by atoms with E-state index < -0.39 is 5.97 Å². The number of ether oxygens (including phenoxy) is 1. The highest BCUT2D eigenvalue weighted by Gasteiger charge is 2.15. The van der Waals surface area contributed by atoms with E-state index in [1.165, 1.54) is 25.3 Å². The zero-order valence-corrected chi connectivity index (χ0v) is 9.80. The highest BCUT2D eigenvalue weighted by atomic mass is 16.5. The van der Waals surface area contributed by atoms with Gasteiger partial charge in [0.1, 0.15) is 11.5 Å². The van der Waals surface area contributed by atoms with Crippen LogP contribution in [0, 0.1) is 0 Å². The molecule has 4 heteroatoms. The number of carbonyl (C=O) groups is 1. The van der Waals surface area contributed by atoms with Crippen LogP contribution in [0.5, 0.6) is 11.5 Å². The van der Waals surface area contributed by atoms with Crippen LogP contribution in [-0.4, -0.2) is 23.3 Å². The minimum absolute atomic E-state index is 0.0299. The van der Waals surface area contributed by atoms with Gasteiger partial charge in [0.2, 0.25) is 0 Å². The first-order chi connectivity index (χ1) is 8.54. The van der Waals surface area contributed by atoms with Gasteiger partial charge >= 0.3 is 5.97 Å². The van der Waals surface area contributed by atoms with Crippen molar-refractivity contribution in [3.8, 4) is 11.5 Å². The Morgan fingerprint density at radius 2 is 1.94 bits per heavy atom. The van der Waals surface area contributed by atoms with E-state index in [0.29, 0.717) is 16.3 Å². The molecule has 4 nitrogen and oxygen atoms in total. The van der Waals surface area contributed by atoms with E-state index in [-0.39, 0.29) is 17.1 Å². The zero-order chi connectivity index (χ0) is 13.3. The molecule has 18 heavy (non-hydrogen) atoms. The molecule has 0 radical (unpaired) electrons. The summed E-state index contributed by atoms with van der Waals surface area (Å²) in [6, 6.07) is 7.74. The molecule has 2 rings (SSSR count). The molecule has 0 fully saturated rings. The van der Waals surface area contributed by atoms with Crippen molar-refractivity contribution in [1.29, 1.82) is 0 Å². The Balaban J connectivity index is 2.75. The van der Waals surface area contributed by atoms with Gasteiger partial charge in [0, 0.05) is 5.39 Å².